The minimum absolute atomic E-state index is 0.135. The number of nitrogens with zero attached hydrogens (tertiary/aromatic N) is 2. The molecule has 2 rings (SSSR count). The van der Waals surface area contributed by atoms with Gasteiger partial charge in [0.15, 0.2) is 0 Å². The van der Waals surface area contributed by atoms with Gasteiger partial charge in [-0.2, -0.15) is 5.26 Å². The first-order valence-corrected chi connectivity index (χ1v) is 5.68. The zero-order valence-electron chi connectivity index (χ0n) is 10.3. The van der Waals surface area contributed by atoms with Crippen LogP contribution >= 0.6 is 0 Å². The molecule has 1 aromatic carbocycles. The Hall–Kier alpha value is -2.87. The zero-order valence-corrected chi connectivity index (χ0v) is 10.3. The van der Waals surface area contributed by atoms with Gasteiger partial charge in [0, 0.05) is 12.6 Å². The Kier molecular flexibility index (Phi) is 3.74. The molecule has 1 heterocycles. The summed E-state index contributed by atoms with van der Waals surface area (Å²) < 4.78 is 0. The Balaban J connectivity index is 2.11. The summed E-state index contributed by atoms with van der Waals surface area (Å²) in [6, 6.07) is 12.7. The summed E-state index contributed by atoms with van der Waals surface area (Å²) in [4.78, 5) is 15.0. The number of carbonyl (C=O) groups is 1. The summed E-state index contributed by atoms with van der Waals surface area (Å²) in [5, 5.41) is 14.5. The van der Waals surface area contributed by atoms with Crippen molar-refractivity contribution in [2.24, 2.45) is 0 Å². The highest BCUT2D eigenvalue weighted by Gasteiger charge is 1.99. The highest BCUT2D eigenvalue weighted by molar-refractivity contribution is 5.88. The van der Waals surface area contributed by atoms with E-state index in [0.29, 0.717) is 17.1 Å². The van der Waals surface area contributed by atoms with Crippen LogP contribution < -0.4 is 10.6 Å². The van der Waals surface area contributed by atoms with Crippen LogP contribution in [0.1, 0.15) is 12.5 Å². The Bertz CT molecular complexity index is 629. The molecule has 1 aromatic heterocycles. The molecule has 0 unspecified atom stereocenters. The molecule has 0 aliphatic heterocycles. The summed E-state index contributed by atoms with van der Waals surface area (Å²) in [5.74, 6) is 0.508. The first-order chi connectivity index (χ1) is 9.17. The van der Waals surface area contributed by atoms with Crippen LogP contribution in [0.4, 0.5) is 17.2 Å². The standard InChI is InChI=1S/C14H12N4O/c1-10(19)17-13-5-6-14(16-9-13)18-12-4-2-3-11(7-12)8-15/h2-7,9H,1H3,(H,16,18)(H,17,19). The summed E-state index contributed by atoms with van der Waals surface area (Å²) in [6.45, 7) is 1.44. The van der Waals surface area contributed by atoms with Crippen molar-refractivity contribution >= 4 is 23.1 Å². The fourth-order valence-corrected chi connectivity index (χ4v) is 1.56. The highest BCUT2D eigenvalue weighted by Crippen LogP contribution is 2.17. The molecular weight excluding hydrogens is 240 g/mol. The van der Waals surface area contributed by atoms with Crippen molar-refractivity contribution in [3.05, 3.63) is 48.2 Å². The SMILES string of the molecule is CC(=O)Nc1ccc(Nc2cccc(C#N)c2)nc1. The van der Waals surface area contributed by atoms with Gasteiger partial charge in [-0.3, -0.25) is 4.79 Å². The Labute approximate surface area is 110 Å². The second-order valence-electron chi connectivity index (χ2n) is 3.93. The van der Waals surface area contributed by atoms with E-state index in [4.69, 9.17) is 5.26 Å². The lowest BCUT2D eigenvalue weighted by Gasteiger charge is -2.07. The van der Waals surface area contributed by atoms with Crippen molar-refractivity contribution in [2.45, 2.75) is 6.92 Å². The van der Waals surface area contributed by atoms with Gasteiger partial charge in [0.2, 0.25) is 5.91 Å². The molecule has 0 saturated heterocycles. The Morgan fingerprint density at radius 2 is 2.11 bits per heavy atom. The van der Waals surface area contributed by atoms with E-state index in [9.17, 15) is 4.79 Å². The third kappa shape index (κ3) is 3.54. The number of anilines is 3. The smallest absolute Gasteiger partial charge is 0.221 e. The van der Waals surface area contributed by atoms with E-state index in [-0.39, 0.29) is 5.91 Å². The molecule has 2 N–H and O–H groups in total. The fraction of sp³-hybridized carbons (Fsp3) is 0.0714. The van der Waals surface area contributed by atoms with Crippen LogP contribution in [0.3, 0.4) is 0 Å². The Morgan fingerprint density at radius 1 is 1.26 bits per heavy atom. The lowest BCUT2D eigenvalue weighted by molar-refractivity contribution is -0.114. The number of nitrogens with one attached hydrogen (secondary N) is 2. The zero-order chi connectivity index (χ0) is 13.7. The summed E-state index contributed by atoms with van der Waals surface area (Å²) >= 11 is 0. The van der Waals surface area contributed by atoms with E-state index < -0.39 is 0 Å². The first kappa shape index (κ1) is 12.6. The lowest BCUT2D eigenvalue weighted by atomic mass is 10.2. The van der Waals surface area contributed by atoms with Gasteiger partial charge in [-0.1, -0.05) is 6.07 Å². The largest absolute Gasteiger partial charge is 0.340 e. The third-order valence-electron chi connectivity index (χ3n) is 2.35. The van der Waals surface area contributed by atoms with Crippen molar-refractivity contribution in [3.8, 4) is 6.07 Å². The maximum atomic E-state index is 10.9. The van der Waals surface area contributed by atoms with Gasteiger partial charge in [0.25, 0.3) is 0 Å². The minimum atomic E-state index is -0.135. The van der Waals surface area contributed by atoms with Crippen LogP contribution in [0.5, 0.6) is 0 Å². The lowest BCUT2D eigenvalue weighted by Crippen LogP contribution is -2.06. The van der Waals surface area contributed by atoms with Gasteiger partial charge in [0.1, 0.15) is 5.82 Å². The molecule has 0 bridgehead atoms. The number of carbonyl (C=O) groups excluding carboxylic acids is 1. The van der Waals surface area contributed by atoms with Gasteiger partial charge < -0.3 is 10.6 Å². The van der Waals surface area contributed by atoms with Crippen LogP contribution in [0.2, 0.25) is 0 Å². The maximum absolute atomic E-state index is 10.9. The van der Waals surface area contributed by atoms with Crippen LogP contribution in [-0.2, 0) is 4.79 Å². The van der Waals surface area contributed by atoms with Crippen LogP contribution in [0.15, 0.2) is 42.6 Å². The number of pyridine rings is 1. The minimum Gasteiger partial charge on any atom is -0.340 e. The van der Waals surface area contributed by atoms with Crippen molar-refractivity contribution in [2.75, 3.05) is 10.6 Å². The van der Waals surface area contributed by atoms with E-state index >= 15 is 0 Å². The molecule has 0 radical (unpaired) electrons. The molecule has 0 aliphatic carbocycles. The molecule has 5 nitrogen and oxygen atoms in total. The number of hydrogen-bond donors (Lipinski definition) is 2. The van der Waals surface area contributed by atoms with Gasteiger partial charge >= 0.3 is 0 Å². The number of aromatic nitrogens is 1. The van der Waals surface area contributed by atoms with Gasteiger partial charge in [-0.25, -0.2) is 4.98 Å². The molecule has 0 fully saturated rings. The third-order valence-corrected chi connectivity index (χ3v) is 2.35. The Morgan fingerprint density at radius 3 is 2.74 bits per heavy atom. The van der Waals surface area contributed by atoms with Crippen molar-refractivity contribution in [1.82, 2.24) is 4.98 Å². The second kappa shape index (κ2) is 5.65. The van der Waals surface area contributed by atoms with Crippen LogP contribution in [0, 0.1) is 11.3 Å². The van der Waals surface area contributed by atoms with Crippen molar-refractivity contribution in [1.29, 1.82) is 5.26 Å². The summed E-state index contributed by atoms with van der Waals surface area (Å²) in [6.07, 6.45) is 1.57. The first-order valence-electron chi connectivity index (χ1n) is 5.68. The predicted octanol–water partition coefficient (Wildman–Crippen LogP) is 2.66. The number of nitriles is 1. The summed E-state index contributed by atoms with van der Waals surface area (Å²) in [7, 11) is 0. The summed E-state index contributed by atoms with van der Waals surface area (Å²) in [5.41, 5.74) is 2.02. The molecular formula is C14H12N4O. The van der Waals surface area contributed by atoms with Crippen molar-refractivity contribution in [3.63, 3.8) is 0 Å². The van der Waals surface area contributed by atoms with E-state index in [1.807, 2.05) is 6.07 Å². The molecule has 94 valence electrons. The van der Waals surface area contributed by atoms with E-state index in [1.165, 1.54) is 6.92 Å². The number of rotatable bonds is 3. The number of amides is 1. The maximum Gasteiger partial charge on any atom is 0.221 e. The normalized spacial score (nSPS) is 9.47. The van der Waals surface area contributed by atoms with Crippen LogP contribution in [0.25, 0.3) is 0 Å². The quantitative estimate of drug-likeness (QED) is 0.880. The topological polar surface area (TPSA) is 77.8 Å². The molecule has 5 heteroatoms. The second-order valence-corrected chi connectivity index (χ2v) is 3.93. The van der Waals surface area contributed by atoms with E-state index in [2.05, 4.69) is 21.7 Å². The highest BCUT2D eigenvalue weighted by atomic mass is 16.1. The molecule has 2 aromatic rings. The predicted molar refractivity (Wildman–Crippen MR) is 73.0 cm³/mol. The van der Waals surface area contributed by atoms with Gasteiger partial charge in [-0.15, -0.1) is 0 Å². The molecule has 1 amide bonds. The molecule has 0 saturated carbocycles. The van der Waals surface area contributed by atoms with E-state index in [0.717, 1.165) is 5.69 Å². The molecule has 0 aliphatic rings. The molecule has 0 spiro atoms. The average Bonchev–Trinajstić information content (AvgIpc) is 2.41. The van der Waals surface area contributed by atoms with Crippen LogP contribution in [-0.4, -0.2) is 10.9 Å². The monoisotopic (exact) mass is 252 g/mol. The van der Waals surface area contributed by atoms with Crippen molar-refractivity contribution < 1.29 is 4.79 Å². The average molecular weight is 252 g/mol. The number of hydrogen-bond acceptors (Lipinski definition) is 4. The van der Waals surface area contributed by atoms with Gasteiger partial charge in [0.05, 0.1) is 23.5 Å². The van der Waals surface area contributed by atoms with Gasteiger partial charge in [-0.05, 0) is 30.3 Å². The molecule has 0 atom stereocenters. The van der Waals surface area contributed by atoms with E-state index in [1.54, 1.807) is 36.5 Å². The number of benzene rings is 1. The fourth-order valence-electron chi connectivity index (χ4n) is 1.56. The molecule has 19 heavy (non-hydrogen) atoms.